The van der Waals surface area contributed by atoms with Gasteiger partial charge in [0.1, 0.15) is 0 Å². The highest BCUT2D eigenvalue weighted by Gasteiger charge is 2.46. The van der Waals surface area contributed by atoms with E-state index in [0.717, 1.165) is 9.80 Å². The second-order valence-electron chi connectivity index (χ2n) is 4.41. The Morgan fingerprint density at radius 1 is 1.24 bits per heavy atom. The second-order valence-corrected chi connectivity index (χ2v) is 4.41. The molecule has 0 N–H and O–H groups in total. The van der Waals surface area contributed by atoms with Crippen molar-refractivity contribution in [2.75, 3.05) is 20.7 Å². The van der Waals surface area contributed by atoms with Gasteiger partial charge in [-0.25, -0.2) is 4.79 Å². The highest BCUT2D eigenvalue weighted by atomic mass is 16.5. The topological polar surface area (TPSA) is 84.0 Å². The summed E-state index contributed by atoms with van der Waals surface area (Å²) in [6.45, 7) is 2.87. The largest absolute Gasteiger partial charge is 0.469 e. The van der Waals surface area contributed by atoms with E-state index in [4.69, 9.17) is 0 Å². The fourth-order valence-corrected chi connectivity index (χ4v) is 1.49. The van der Waals surface area contributed by atoms with Gasteiger partial charge in [0.2, 0.25) is 0 Å². The van der Waals surface area contributed by atoms with Gasteiger partial charge < -0.3 is 4.74 Å². The summed E-state index contributed by atoms with van der Waals surface area (Å²) < 4.78 is 4.56. The van der Waals surface area contributed by atoms with Crippen molar-refractivity contribution in [2.24, 2.45) is 5.41 Å². The molecule has 1 heterocycles. The molecule has 7 heteroatoms. The number of nitrogens with zero attached hydrogens (tertiary/aromatic N) is 2. The SMILES string of the molecule is COC(=O)C(C)(C)CN1C(=O)C(=O)N(C)C1=O. The van der Waals surface area contributed by atoms with Crippen LogP contribution in [0.2, 0.25) is 0 Å². The summed E-state index contributed by atoms with van der Waals surface area (Å²) in [7, 11) is 2.43. The molecule has 17 heavy (non-hydrogen) atoms. The fourth-order valence-electron chi connectivity index (χ4n) is 1.49. The van der Waals surface area contributed by atoms with Crippen LogP contribution in [-0.2, 0) is 19.1 Å². The summed E-state index contributed by atoms with van der Waals surface area (Å²) >= 11 is 0. The van der Waals surface area contributed by atoms with Crippen molar-refractivity contribution < 1.29 is 23.9 Å². The zero-order chi connectivity index (χ0) is 13.4. The lowest BCUT2D eigenvalue weighted by atomic mass is 9.93. The molecule has 0 unspecified atom stereocenters. The number of likely N-dealkylation sites (N-methyl/N-ethyl adjacent to an activating group) is 1. The molecule has 0 aromatic heterocycles. The van der Waals surface area contributed by atoms with Gasteiger partial charge in [0.05, 0.1) is 12.5 Å². The first kappa shape index (κ1) is 13.1. The molecular weight excluding hydrogens is 228 g/mol. The van der Waals surface area contributed by atoms with Crippen LogP contribution < -0.4 is 0 Å². The van der Waals surface area contributed by atoms with E-state index in [1.165, 1.54) is 28.0 Å². The van der Waals surface area contributed by atoms with Crippen LogP contribution in [0.3, 0.4) is 0 Å². The number of carbonyl (C=O) groups is 4. The molecule has 0 atom stereocenters. The first-order chi connectivity index (χ1) is 7.72. The monoisotopic (exact) mass is 242 g/mol. The molecule has 1 fully saturated rings. The molecule has 1 aliphatic rings. The van der Waals surface area contributed by atoms with E-state index in [2.05, 4.69) is 4.74 Å². The number of esters is 1. The van der Waals surface area contributed by atoms with Gasteiger partial charge in [0.15, 0.2) is 0 Å². The Morgan fingerprint density at radius 3 is 2.12 bits per heavy atom. The molecule has 0 spiro atoms. The Hall–Kier alpha value is -1.92. The van der Waals surface area contributed by atoms with Crippen molar-refractivity contribution in [2.45, 2.75) is 13.8 Å². The van der Waals surface area contributed by atoms with E-state index in [1.54, 1.807) is 0 Å². The number of rotatable bonds is 3. The van der Waals surface area contributed by atoms with Crippen molar-refractivity contribution in [1.82, 2.24) is 9.80 Å². The number of hydrogen-bond donors (Lipinski definition) is 0. The van der Waals surface area contributed by atoms with Gasteiger partial charge in [-0.1, -0.05) is 0 Å². The first-order valence-electron chi connectivity index (χ1n) is 4.94. The molecule has 1 rings (SSSR count). The minimum atomic E-state index is -1.05. The van der Waals surface area contributed by atoms with Gasteiger partial charge in [0, 0.05) is 13.6 Å². The maximum Gasteiger partial charge on any atom is 0.333 e. The van der Waals surface area contributed by atoms with Crippen LogP contribution in [-0.4, -0.2) is 54.3 Å². The number of amides is 4. The molecule has 1 aliphatic heterocycles. The summed E-state index contributed by atoms with van der Waals surface area (Å²) in [5.41, 5.74) is -1.05. The van der Waals surface area contributed by atoms with Crippen LogP contribution in [0, 0.1) is 5.41 Å². The van der Waals surface area contributed by atoms with Crippen molar-refractivity contribution in [3.8, 4) is 0 Å². The van der Waals surface area contributed by atoms with Gasteiger partial charge in [-0.05, 0) is 13.8 Å². The Balaban J connectivity index is 2.90. The highest BCUT2D eigenvalue weighted by Crippen LogP contribution is 2.22. The average molecular weight is 242 g/mol. The third-order valence-corrected chi connectivity index (χ3v) is 2.54. The molecule has 0 radical (unpaired) electrons. The number of urea groups is 1. The van der Waals surface area contributed by atoms with Crippen LogP contribution in [0.1, 0.15) is 13.8 Å². The van der Waals surface area contributed by atoms with Crippen molar-refractivity contribution in [3.63, 3.8) is 0 Å². The first-order valence-corrected chi connectivity index (χ1v) is 4.94. The van der Waals surface area contributed by atoms with Crippen molar-refractivity contribution >= 4 is 23.8 Å². The minimum Gasteiger partial charge on any atom is -0.469 e. The Morgan fingerprint density at radius 2 is 1.76 bits per heavy atom. The smallest absolute Gasteiger partial charge is 0.333 e. The summed E-state index contributed by atoms with van der Waals surface area (Å²) in [6, 6.07) is -0.725. The lowest BCUT2D eigenvalue weighted by molar-refractivity contribution is -0.152. The van der Waals surface area contributed by atoms with E-state index in [1.807, 2.05) is 0 Å². The van der Waals surface area contributed by atoms with Gasteiger partial charge in [-0.15, -0.1) is 0 Å². The molecule has 1 saturated heterocycles. The molecule has 0 aromatic rings. The molecule has 0 aromatic carbocycles. The molecule has 0 bridgehead atoms. The minimum absolute atomic E-state index is 0.187. The Bertz CT molecular complexity index is 402. The van der Waals surface area contributed by atoms with Crippen LogP contribution in [0.25, 0.3) is 0 Å². The third-order valence-electron chi connectivity index (χ3n) is 2.54. The molecule has 0 saturated carbocycles. The van der Waals surface area contributed by atoms with Gasteiger partial charge in [-0.3, -0.25) is 24.2 Å². The van der Waals surface area contributed by atoms with E-state index in [-0.39, 0.29) is 6.54 Å². The maximum atomic E-state index is 11.6. The molecule has 94 valence electrons. The fraction of sp³-hybridized carbons (Fsp3) is 0.600. The van der Waals surface area contributed by atoms with Gasteiger partial charge in [0.25, 0.3) is 0 Å². The molecular formula is C10H14N2O5. The van der Waals surface area contributed by atoms with E-state index in [0.29, 0.717) is 0 Å². The summed E-state index contributed by atoms with van der Waals surface area (Å²) in [6.07, 6.45) is 0. The highest BCUT2D eigenvalue weighted by molar-refractivity contribution is 6.44. The van der Waals surface area contributed by atoms with Crippen molar-refractivity contribution in [3.05, 3.63) is 0 Å². The summed E-state index contributed by atoms with van der Waals surface area (Å²) in [5, 5.41) is 0. The maximum absolute atomic E-state index is 11.6. The van der Waals surface area contributed by atoms with Crippen LogP contribution in [0.15, 0.2) is 0 Å². The number of ether oxygens (including phenoxy) is 1. The zero-order valence-corrected chi connectivity index (χ0v) is 10.1. The Kier molecular flexibility index (Phi) is 3.21. The van der Waals surface area contributed by atoms with E-state index < -0.39 is 29.2 Å². The van der Waals surface area contributed by atoms with Crippen LogP contribution in [0.4, 0.5) is 4.79 Å². The molecule has 7 nitrogen and oxygen atoms in total. The lowest BCUT2D eigenvalue weighted by Gasteiger charge is -2.25. The third kappa shape index (κ3) is 2.13. The summed E-state index contributed by atoms with van der Waals surface area (Å²) in [5.74, 6) is -2.37. The van der Waals surface area contributed by atoms with Crippen LogP contribution >= 0.6 is 0 Å². The number of carbonyl (C=O) groups excluding carboxylic acids is 4. The van der Waals surface area contributed by atoms with Gasteiger partial charge >= 0.3 is 23.8 Å². The quantitative estimate of drug-likeness (QED) is 0.382. The normalized spacial score (nSPS) is 16.8. The molecule has 4 amide bonds. The zero-order valence-electron chi connectivity index (χ0n) is 10.1. The molecule has 0 aliphatic carbocycles. The predicted molar refractivity (Wildman–Crippen MR) is 55.7 cm³/mol. The standard InChI is InChI=1S/C10H14N2O5/c1-10(2,8(15)17-4)5-12-7(14)6(13)11(3)9(12)16/h5H2,1-4H3. The van der Waals surface area contributed by atoms with Crippen LogP contribution in [0.5, 0.6) is 0 Å². The predicted octanol–water partition coefficient (Wildman–Crippen LogP) is -0.394. The number of hydrogen-bond acceptors (Lipinski definition) is 5. The Labute approximate surface area is 98.3 Å². The van der Waals surface area contributed by atoms with E-state index >= 15 is 0 Å². The summed E-state index contributed by atoms with van der Waals surface area (Å²) in [4.78, 5) is 47.2. The lowest BCUT2D eigenvalue weighted by Crippen LogP contribution is -2.43. The second kappa shape index (κ2) is 4.15. The average Bonchev–Trinajstić information content (AvgIpc) is 2.45. The van der Waals surface area contributed by atoms with E-state index in [9.17, 15) is 19.2 Å². The van der Waals surface area contributed by atoms with Crippen molar-refractivity contribution in [1.29, 1.82) is 0 Å². The number of methoxy groups -OCH3 is 1. The van der Waals surface area contributed by atoms with Gasteiger partial charge in [-0.2, -0.15) is 0 Å². The number of imide groups is 2.